The van der Waals surface area contributed by atoms with Crippen LogP contribution in [-0.4, -0.2) is 20.9 Å². The lowest BCUT2D eigenvalue weighted by Gasteiger charge is -2.10. The number of carbonyl (C=O) groups excluding carboxylic acids is 1. The van der Waals surface area contributed by atoms with Gasteiger partial charge in [-0.3, -0.25) is 4.79 Å². The number of rotatable bonds is 5. The van der Waals surface area contributed by atoms with E-state index in [1.807, 2.05) is 0 Å². The summed E-state index contributed by atoms with van der Waals surface area (Å²) in [4.78, 5) is 12.0. The summed E-state index contributed by atoms with van der Waals surface area (Å²) in [5.41, 5.74) is 0.300. The summed E-state index contributed by atoms with van der Waals surface area (Å²) in [7, 11) is -3.85. The topological polar surface area (TPSA) is 89.3 Å². The molecule has 1 aliphatic carbocycles. The molecule has 0 unspecified atom stereocenters. The summed E-state index contributed by atoms with van der Waals surface area (Å²) in [5.74, 6) is 0.431. The number of hydrogen-bond acceptors (Lipinski definition) is 3. The zero-order valence-corrected chi connectivity index (χ0v) is 14.0. The van der Waals surface area contributed by atoms with Gasteiger partial charge in [0.25, 0.3) is 5.91 Å². The van der Waals surface area contributed by atoms with Gasteiger partial charge in [0.2, 0.25) is 10.0 Å². The molecule has 0 saturated heterocycles. The van der Waals surface area contributed by atoms with E-state index < -0.39 is 10.0 Å². The average Bonchev–Trinajstić information content (AvgIpc) is 2.91. The van der Waals surface area contributed by atoms with Crippen LogP contribution in [-0.2, 0) is 10.0 Å². The van der Waals surface area contributed by atoms with Gasteiger partial charge in [-0.15, -0.1) is 0 Å². The number of hydrogen-bond donors (Lipinski definition) is 2. The molecule has 3 N–H and O–H groups in total. The van der Waals surface area contributed by atoms with Gasteiger partial charge in [-0.25, -0.2) is 13.6 Å². The molecule has 0 spiro atoms. The van der Waals surface area contributed by atoms with E-state index in [-0.39, 0.29) is 10.8 Å². The van der Waals surface area contributed by atoms with Gasteiger partial charge in [0, 0.05) is 16.6 Å². The van der Waals surface area contributed by atoms with Crippen molar-refractivity contribution in [2.45, 2.75) is 37.0 Å². The Morgan fingerprint density at radius 1 is 1.33 bits per heavy atom. The second-order valence-corrected chi connectivity index (χ2v) is 7.77. The number of nitrogens with one attached hydrogen (secondary N) is 1. The van der Waals surface area contributed by atoms with Crippen molar-refractivity contribution in [2.24, 2.45) is 11.1 Å². The molecule has 1 aliphatic rings. The fourth-order valence-corrected chi connectivity index (χ4v) is 4.21. The Labute approximate surface area is 133 Å². The highest BCUT2D eigenvalue weighted by Crippen LogP contribution is 2.27. The highest BCUT2D eigenvalue weighted by molar-refractivity contribution is 9.10. The summed E-state index contributed by atoms with van der Waals surface area (Å²) in [6, 6.07) is 4.39. The smallest absolute Gasteiger partial charge is 0.251 e. The molecule has 5 nitrogen and oxygen atoms in total. The molecule has 1 aromatic rings. The van der Waals surface area contributed by atoms with Crippen LogP contribution in [0.25, 0.3) is 0 Å². The minimum absolute atomic E-state index is 0.0778. The highest BCUT2D eigenvalue weighted by atomic mass is 79.9. The molecular weight excluding hydrogens is 356 g/mol. The van der Waals surface area contributed by atoms with E-state index >= 15 is 0 Å². The standard InChI is InChI=1S/C14H19BrN2O3S/c15-12-6-5-11(9-13(12)21(16,19)20)14(18)17-8-7-10-3-1-2-4-10/h5-6,9-10H,1-4,7-8H2,(H,17,18)(H2,16,19,20). The molecule has 1 fully saturated rings. The molecule has 7 heteroatoms. The zero-order chi connectivity index (χ0) is 15.5. The molecule has 21 heavy (non-hydrogen) atoms. The highest BCUT2D eigenvalue weighted by Gasteiger charge is 2.17. The van der Waals surface area contributed by atoms with Crippen LogP contribution in [0, 0.1) is 5.92 Å². The zero-order valence-electron chi connectivity index (χ0n) is 11.6. The van der Waals surface area contributed by atoms with E-state index in [4.69, 9.17) is 5.14 Å². The third-order valence-corrected chi connectivity index (χ3v) is 5.72. The lowest BCUT2D eigenvalue weighted by molar-refractivity contribution is 0.0951. The molecule has 0 atom stereocenters. The number of primary sulfonamides is 1. The Hall–Kier alpha value is -0.920. The van der Waals surface area contributed by atoms with Crippen molar-refractivity contribution in [1.82, 2.24) is 5.32 Å². The SMILES string of the molecule is NS(=O)(=O)c1cc(C(=O)NCCC2CCCC2)ccc1Br. The Balaban J connectivity index is 1.99. The van der Waals surface area contributed by atoms with Crippen LogP contribution in [0.2, 0.25) is 0 Å². The number of halogens is 1. The predicted octanol–water partition coefficient (Wildman–Crippen LogP) is 2.41. The summed E-state index contributed by atoms with van der Waals surface area (Å²) in [6.45, 7) is 0.615. The second kappa shape index (κ2) is 6.89. The molecule has 1 aromatic carbocycles. The molecule has 2 rings (SSSR count). The van der Waals surface area contributed by atoms with Crippen molar-refractivity contribution in [3.8, 4) is 0 Å². The van der Waals surface area contributed by atoms with Gasteiger partial charge in [-0.1, -0.05) is 25.7 Å². The monoisotopic (exact) mass is 374 g/mol. The predicted molar refractivity (Wildman–Crippen MR) is 84.4 cm³/mol. The first kappa shape index (κ1) is 16.5. The summed E-state index contributed by atoms with van der Waals surface area (Å²) in [6.07, 6.45) is 6.02. The lowest BCUT2D eigenvalue weighted by atomic mass is 10.0. The van der Waals surface area contributed by atoms with Crippen LogP contribution in [0.1, 0.15) is 42.5 Å². The van der Waals surface area contributed by atoms with Crippen LogP contribution < -0.4 is 10.5 Å². The van der Waals surface area contributed by atoms with Crippen molar-refractivity contribution in [2.75, 3.05) is 6.54 Å². The van der Waals surface area contributed by atoms with E-state index in [0.717, 1.165) is 6.42 Å². The van der Waals surface area contributed by atoms with Gasteiger partial charge >= 0.3 is 0 Å². The molecule has 0 aliphatic heterocycles. The number of nitrogens with two attached hydrogens (primary N) is 1. The number of carbonyl (C=O) groups is 1. The van der Waals surface area contributed by atoms with Gasteiger partial charge in [0.15, 0.2) is 0 Å². The maximum absolute atomic E-state index is 12.0. The van der Waals surface area contributed by atoms with Gasteiger partial charge in [0.1, 0.15) is 0 Å². The van der Waals surface area contributed by atoms with Crippen LogP contribution in [0.3, 0.4) is 0 Å². The second-order valence-electron chi connectivity index (χ2n) is 5.39. The fraction of sp³-hybridized carbons (Fsp3) is 0.500. The van der Waals surface area contributed by atoms with Crippen molar-refractivity contribution in [3.63, 3.8) is 0 Å². The molecular formula is C14H19BrN2O3S. The number of sulfonamides is 1. The quantitative estimate of drug-likeness (QED) is 0.828. The van der Waals surface area contributed by atoms with Gasteiger partial charge in [-0.05, 0) is 46.5 Å². The molecule has 0 radical (unpaired) electrons. The van der Waals surface area contributed by atoms with Crippen LogP contribution in [0.5, 0.6) is 0 Å². The molecule has 0 aromatic heterocycles. The Bertz CT molecular complexity index is 625. The van der Waals surface area contributed by atoms with E-state index in [2.05, 4.69) is 21.2 Å². The van der Waals surface area contributed by atoms with Crippen LogP contribution >= 0.6 is 15.9 Å². The first-order chi connectivity index (χ1) is 9.88. The van der Waals surface area contributed by atoms with Crippen LogP contribution in [0.15, 0.2) is 27.6 Å². The molecule has 0 bridgehead atoms. The minimum Gasteiger partial charge on any atom is -0.352 e. The lowest BCUT2D eigenvalue weighted by Crippen LogP contribution is -2.26. The van der Waals surface area contributed by atoms with Gasteiger partial charge in [0.05, 0.1) is 4.90 Å². The number of amides is 1. The Kier molecular flexibility index (Phi) is 5.40. The van der Waals surface area contributed by atoms with Crippen molar-refractivity contribution in [3.05, 3.63) is 28.2 Å². The summed E-state index contributed by atoms with van der Waals surface area (Å²) in [5, 5.41) is 7.95. The number of benzene rings is 1. The third kappa shape index (κ3) is 4.52. The fourth-order valence-electron chi connectivity index (χ4n) is 2.65. The van der Waals surface area contributed by atoms with Gasteiger partial charge in [-0.2, -0.15) is 0 Å². The molecule has 1 saturated carbocycles. The minimum atomic E-state index is -3.85. The van der Waals surface area contributed by atoms with Gasteiger partial charge < -0.3 is 5.32 Å². The Morgan fingerprint density at radius 3 is 2.62 bits per heavy atom. The third-order valence-electron chi connectivity index (χ3n) is 3.81. The van der Waals surface area contributed by atoms with E-state index in [1.165, 1.54) is 37.8 Å². The molecule has 0 heterocycles. The van der Waals surface area contributed by atoms with Crippen LogP contribution in [0.4, 0.5) is 0 Å². The van der Waals surface area contributed by atoms with E-state index in [9.17, 15) is 13.2 Å². The maximum Gasteiger partial charge on any atom is 0.251 e. The van der Waals surface area contributed by atoms with Crippen molar-refractivity contribution >= 4 is 31.9 Å². The average molecular weight is 375 g/mol. The largest absolute Gasteiger partial charge is 0.352 e. The first-order valence-corrected chi connectivity index (χ1v) is 9.32. The van der Waals surface area contributed by atoms with E-state index in [1.54, 1.807) is 6.07 Å². The summed E-state index contributed by atoms with van der Waals surface area (Å²) >= 11 is 3.12. The normalized spacial score (nSPS) is 16.1. The maximum atomic E-state index is 12.0. The summed E-state index contributed by atoms with van der Waals surface area (Å²) < 4.78 is 23.2. The molecule has 1 amide bonds. The first-order valence-electron chi connectivity index (χ1n) is 6.98. The van der Waals surface area contributed by atoms with E-state index in [0.29, 0.717) is 22.5 Å². The van der Waals surface area contributed by atoms with Crippen molar-refractivity contribution < 1.29 is 13.2 Å². The van der Waals surface area contributed by atoms with Crippen molar-refractivity contribution in [1.29, 1.82) is 0 Å². The molecule has 116 valence electrons. The Morgan fingerprint density at radius 2 is 2.00 bits per heavy atom.